The van der Waals surface area contributed by atoms with Crippen molar-refractivity contribution >= 4 is 29.6 Å². The molecule has 4 nitrogen and oxygen atoms in total. The highest BCUT2D eigenvalue weighted by atomic mass is 35.5. The number of halogens is 2. The molecule has 0 heterocycles. The molecule has 1 atom stereocenters. The molecule has 0 radical (unpaired) electrons. The summed E-state index contributed by atoms with van der Waals surface area (Å²) in [5.74, 6) is -1.25. The van der Waals surface area contributed by atoms with Crippen LogP contribution >= 0.6 is 11.6 Å². The largest absolute Gasteiger partial charge is 0.452 e. The number of amides is 1. The van der Waals surface area contributed by atoms with Gasteiger partial charge in [-0.05, 0) is 36.6 Å². The summed E-state index contributed by atoms with van der Waals surface area (Å²) < 4.78 is 17.8. The highest BCUT2D eigenvalue weighted by molar-refractivity contribution is 6.30. The topological polar surface area (TPSA) is 55.4 Å². The number of benzene rings is 1. The molecule has 0 aliphatic rings. The lowest BCUT2D eigenvalue weighted by atomic mass is 10.1. The Hall–Kier alpha value is -1.88. The molecular weight excluding hydrogens is 309 g/mol. The average Bonchev–Trinajstić information content (AvgIpc) is 2.46. The van der Waals surface area contributed by atoms with Gasteiger partial charge in [0.15, 0.2) is 6.61 Å². The van der Waals surface area contributed by atoms with Gasteiger partial charge in [-0.1, -0.05) is 31.5 Å². The van der Waals surface area contributed by atoms with Gasteiger partial charge in [0, 0.05) is 12.1 Å². The van der Waals surface area contributed by atoms with Crippen LogP contribution in [-0.2, 0) is 14.3 Å². The summed E-state index contributed by atoms with van der Waals surface area (Å²) >= 11 is 5.63. The van der Waals surface area contributed by atoms with Crippen LogP contribution in [0.2, 0.25) is 5.02 Å². The first kappa shape index (κ1) is 18.2. The van der Waals surface area contributed by atoms with E-state index >= 15 is 0 Å². The van der Waals surface area contributed by atoms with Crippen LogP contribution in [0.15, 0.2) is 24.3 Å². The third-order valence-corrected chi connectivity index (χ3v) is 3.38. The van der Waals surface area contributed by atoms with Gasteiger partial charge in [0.2, 0.25) is 0 Å². The highest BCUT2D eigenvalue weighted by Gasteiger charge is 2.11. The zero-order chi connectivity index (χ0) is 16.7. The van der Waals surface area contributed by atoms with Gasteiger partial charge in [-0.15, -0.1) is 0 Å². The molecule has 0 unspecified atom stereocenters. The third kappa shape index (κ3) is 6.26. The maximum atomic E-state index is 13.0. The Balaban J connectivity index is 2.44. The van der Waals surface area contributed by atoms with Crippen LogP contribution < -0.4 is 5.32 Å². The van der Waals surface area contributed by atoms with Crippen LogP contribution in [0.1, 0.15) is 26.3 Å². The van der Waals surface area contributed by atoms with E-state index in [0.717, 1.165) is 6.08 Å². The number of carbonyl (C=O) groups excluding carboxylic acids is 2. The van der Waals surface area contributed by atoms with Gasteiger partial charge >= 0.3 is 5.97 Å². The minimum Gasteiger partial charge on any atom is -0.452 e. The van der Waals surface area contributed by atoms with Crippen molar-refractivity contribution in [2.75, 3.05) is 6.61 Å². The van der Waals surface area contributed by atoms with E-state index in [0.29, 0.717) is 11.5 Å². The minimum absolute atomic E-state index is 0.00287. The summed E-state index contributed by atoms with van der Waals surface area (Å²) in [5.41, 5.74) is 0.557. The van der Waals surface area contributed by atoms with E-state index in [4.69, 9.17) is 16.3 Å². The van der Waals surface area contributed by atoms with Crippen LogP contribution in [-0.4, -0.2) is 24.5 Å². The zero-order valence-corrected chi connectivity index (χ0v) is 13.5. The maximum Gasteiger partial charge on any atom is 0.331 e. The molecule has 1 amide bonds. The lowest BCUT2D eigenvalue weighted by molar-refractivity contribution is -0.144. The van der Waals surface area contributed by atoms with Gasteiger partial charge < -0.3 is 10.1 Å². The quantitative estimate of drug-likeness (QED) is 0.645. The summed E-state index contributed by atoms with van der Waals surface area (Å²) in [4.78, 5) is 23.0. The molecule has 1 aromatic carbocycles. The third-order valence-electron chi connectivity index (χ3n) is 3.09. The van der Waals surface area contributed by atoms with Crippen LogP contribution in [0.5, 0.6) is 0 Å². The van der Waals surface area contributed by atoms with Crippen molar-refractivity contribution in [3.63, 3.8) is 0 Å². The summed E-state index contributed by atoms with van der Waals surface area (Å²) in [5, 5.41) is 2.69. The van der Waals surface area contributed by atoms with Gasteiger partial charge in [0.05, 0.1) is 5.02 Å². The van der Waals surface area contributed by atoms with Crippen LogP contribution in [0, 0.1) is 11.7 Å². The summed E-state index contributed by atoms with van der Waals surface area (Å²) in [7, 11) is 0. The van der Waals surface area contributed by atoms with Gasteiger partial charge in [0.1, 0.15) is 5.82 Å². The Labute approximate surface area is 134 Å². The van der Waals surface area contributed by atoms with E-state index < -0.39 is 11.8 Å². The van der Waals surface area contributed by atoms with Crippen molar-refractivity contribution in [3.8, 4) is 0 Å². The van der Waals surface area contributed by atoms with Crippen LogP contribution in [0.25, 0.3) is 6.08 Å². The molecule has 0 aliphatic carbocycles. The van der Waals surface area contributed by atoms with E-state index in [-0.39, 0.29) is 23.6 Å². The molecule has 1 aromatic rings. The predicted octanol–water partition coefficient (Wildman–Crippen LogP) is 3.20. The number of hydrogen-bond acceptors (Lipinski definition) is 3. The lowest BCUT2D eigenvalue weighted by Gasteiger charge is -2.16. The zero-order valence-electron chi connectivity index (χ0n) is 12.7. The smallest absolute Gasteiger partial charge is 0.331 e. The molecule has 0 saturated carbocycles. The maximum absolute atomic E-state index is 13.0. The van der Waals surface area contributed by atoms with Gasteiger partial charge in [-0.2, -0.15) is 0 Å². The number of carbonyl (C=O) groups is 2. The molecule has 0 saturated heterocycles. The van der Waals surface area contributed by atoms with E-state index in [9.17, 15) is 14.0 Å². The second-order valence-corrected chi connectivity index (χ2v) is 5.62. The first-order chi connectivity index (χ1) is 10.3. The average molecular weight is 328 g/mol. The van der Waals surface area contributed by atoms with E-state index in [2.05, 4.69) is 5.32 Å². The number of hydrogen-bond donors (Lipinski definition) is 1. The fourth-order valence-electron chi connectivity index (χ4n) is 1.43. The lowest BCUT2D eigenvalue weighted by Crippen LogP contribution is -2.38. The van der Waals surface area contributed by atoms with Crippen molar-refractivity contribution in [2.45, 2.75) is 26.8 Å². The van der Waals surface area contributed by atoms with Gasteiger partial charge in [-0.25, -0.2) is 9.18 Å². The Morgan fingerprint density at radius 1 is 1.36 bits per heavy atom. The highest BCUT2D eigenvalue weighted by Crippen LogP contribution is 2.16. The van der Waals surface area contributed by atoms with Crippen molar-refractivity contribution in [3.05, 3.63) is 40.7 Å². The van der Waals surface area contributed by atoms with Gasteiger partial charge in [0.25, 0.3) is 5.91 Å². The summed E-state index contributed by atoms with van der Waals surface area (Å²) in [6.07, 6.45) is 2.59. The fraction of sp³-hybridized carbons (Fsp3) is 0.375. The van der Waals surface area contributed by atoms with Crippen LogP contribution in [0.3, 0.4) is 0 Å². The molecule has 1 N–H and O–H groups in total. The first-order valence-electron chi connectivity index (χ1n) is 6.89. The van der Waals surface area contributed by atoms with Crippen molar-refractivity contribution in [1.29, 1.82) is 0 Å². The number of ether oxygens (including phenoxy) is 1. The molecule has 0 aromatic heterocycles. The Bertz CT molecular complexity index is 573. The second kappa shape index (κ2) is 8.54. The first-order valence-corrected chi connectivity index (χ1v) is 7.26. The molecule has 1 rings (SSSR count). The van der Waals surface area contributed by atoms with Crippen molar-refractivity contribution in [2.24, 2.45) is 5.92 Å². The van der Waals surface area contributed by atoms with E-state index in [1.54, 1.807) is 0 Å². The van der Waals surface area contributed by atoms with Gasteiger partial charge in [-0.3, -0.25) is 4.79 Å². The van der Waals surface area contributed by atoms with E-state index in [1.165, 1.54) is 24.3 Å². The van der Waals surface area contributed by atoms with Crippen molar-refractivity contribution in [1.82, 2.24) is 5.32 Å². The molecule has 0 spiro atoms. The predicted molar refractivity (Wildman–Crippen MR) is 83.8 cm³/mol. The number of esters is 1. The summed E-state index contributed by atoms with van der Waals surface area (Å²) in [6.45, 7) is 5.49. The minimum atomic E-state index is -0.659. The van der Waals surface area contributed by atoms with E-state index in [1.807, 2.05) is 20.8 Å². The number of nitrogens with one attached hydrogen (secondary N) is 1. The molecule has 0 aliphatic heterocycles. The second-order valence-electron chi connectivity index (χ2n) is 5.21. The monoisotopic (exact) mass is 327 g/mol. The SMILES string of the molecule is CC(C)[C@@H](C)NC(=O)COC(=O)/C=C/c1ccc(F)c(Cl)c1. The molecule has 120 valence electrons. The van der Waals surface area contributed by atoms with Crippen LogP contribution in [0.4, 0.5) is 4.39 Å². The Kier molecular flexibility index (Phi) is 7.05. The number of rotatable bonds is 6. The standard InChI is InChI=1S/C16H19ClFNO3/c1-10(2)11(3)19-15(20)9-22-16(21)7-5-12-4-6-14(18)13(17)8-12/h4-8,10-11H,9H2,1-3H3,(H,19,20)/b7-5+/t11-/m1/s1. The molecule has 0 fully saturated rings. The Morgan fingerprint density at radius 3 is 2.64 bits per heavy atom. The fourth-order valence-corrected chi connectivity index (χ4v) is 1.62. The Morgan fingerprint density at radius 2 is 2.05 bits per heavy atom. The normalized spacial score (nSPS) is 12.5. The molecule has 22 heavy (non-hydrogen) atoms. The summed E-state index contributed by atoms with van der Waals surface area (Å²) in [6, 6.07) is 4.07. The molecule has 0 bridgehead atoms. The van der Waals surface area contributed by atoms with Crippen molar-refractivity contribution < 1.29 is 18.7 Å². The molecule has 6 heteroatoms. The molecular formula is C16H19ClFNO3.